The van der Waals surface area contributed by atoms with E-state index in [1.807, 2.05) is 42.5 Å². The maximum atomic E-state index is 9.20. The van der Waals surface area contributed by atoms with Crippen molar-refractivity contribution in [3.63, 3.8) is 0 Å². The van der Waals surface area contributed by atoms with Crippen LogP contribution >= 0.6 is 0 Å². The fourth-order valence-corrected chi connectivity index (χ4v) is 4.80. The Hall–Kier alpha value is -4.87. The van der Waals surface area contributed by atoms with E-state index in [1.54, 1.807) is 0 Å². The van der Waals surface area contributed by atoms with E-state index in [-0.39, 0.29) is 0 Å². The van der Waals surface area contributed by atoms with E-state index in [1.165, 1.54) is 27.8 Å². The monoisotopic (exact) mass is 446 g/mol. The predicted molar refractivity (Wildman–Crippen MR) is 145 cm³/mol. The van der Waals surface area contributed by atoms with Crippen molar-refractivity contribution in [2.45, 2.75) is 0 Å². The zero-order valence-corrected chi connectivity index (χ0v) is 19.1. The van der Waals surface area contributed by atoms with Crippen LogP contribution in [-0.2, 0) is 0 Å². The van der Waals surface area contributed by atoms with Gasteiger partial charge in [-0.3, -0.25) is 0 Å². The zero-order chi connectivity index (χ0) is 23.6. The van der Waals surface area contributed by atoms with Crippen molar-refractivity contribution < 1.29 is 0 Å². The molecule has 2 nitrogen and oxygen atoms in total. The smallest absolute Gasteiger partial charge is 0.0991 e. The van der Waals surface area contributed by atoms with Gasteiger partial charge in [-0.1, -0.05) is 78.9 Å². The summed E-state index contributed by atoms with van der Waals surface area (Å²) in [5.41, 5.74) is 11.4. The van der Waals surface area contributed by atoms with E-state index in [0.717, 1.165) is 22.6 Å². The highest BCUT2D eigenvalue weighted by molar-refractivity contribution is 6.06. The Kier molecular flexibility index (Phi) is 5.22. The molecule has 0 heterocycles. The molecule has 0 saturated carbocycles. The molecule has 0 radical (unpaired) electrons. The average molecular weight is 447 g/mol. The van der Waals surface area contributed by atoms with Crippen LogP contribution in [0.2, 0.25) is 0 Å². The van der Waals surface area contributed by atoms with Gasteiger partial charge >= 0.3 is 0 Å². The minimum atomic E-state index is 0.654. The average Bonchev–Trinajstić information content (AvgIpc) is 3.24. The highest BCUT2D eigenvalue weighted by atomic mass is 15.1. The van der Waals surface area contributed by atoms with E-state index in [4.69, 9.17) is 0 Å². The van der Waals surface area contributed by atoms with Crippen molar-refractivity contribution in [1.82, 2.24) is 0 Å². The minimum absolute atomic E-state index is 0.654. The van der Waals surface area contributed by atoms with Gasteiger partial charge in [-0.15, -0.1) is 0 Å². The van der Waals surface area contributed by atoms with Gasteiger partial charge in [0.2, 0.25) is 0 Å². The lowest BCUT2D eigenvalue weighted by Gasteiger charge is -2.25. The Bertz CT molecular complexity index is 1520. The number of nitrogens with zero attached hydrogens (tertiary/aromatic N) is 2. The van der Waals surface area contributed by atoms with Crippen molar-refractivity contribution >= 4 is 28.7 Å². The molecule has 0 amide bonds. The molecule has 0 aromatic heterocycles. The summed E-state index contributed by atoms with van der Waals surface area (Å²) in [6.07, 6.45) is 2.28. The fraction of sp³-hybridized carbons (Fsp3) is 0. The van der Waals surface area contributed by atoms with Crippen LogP contribution < -0.4 is 4.90 Å². The van der Waals surface area contributed by atoms with E-state index >= 15 is 0 Å². The van der Waals surface area contributed by atoms with Gasteiger partial charge in [0.25, 0.3) is 0 Å². The van der Waals surface area contributed by atoms with Crippen LogP contribution in [-0.4, -0.2) is 0 Å². The van der Waals surface area contributed by atoms with Crippen molar-refractivity contribution in [2.24, 2.45) is 0 Å². The van der Waals surface area contributed by atoms with Crippen molar-refractivity contribution in [3.05, 3.63) is 150 Å². The number of benzene rings is 5. The highest BCUT2D eigenvalue weighted by Gasteiger charge is 2.22. The van der Waals surface area contributed by atoms with Gasteiger partial charge in [0, 0.05) is 17.1 Å². The topological polar surface area (TPSA) is 27.0 Å². The molecule has 0 saturated heterocycles. The molecular weight excluding hydrogens is 424 g/mol. The summed E-state index contributed by atoms with van der Waals surface area (Å²) in [4.78, 5) is 2.21. The molecule has 164 valence electrons. The molecule has 0 bridgehead atoms. The summed E-state index contributed by atoms with van der Waals surface area (Å²) >= 11 is 0. The molecule has 1 aliphatic carbocycles. The summed E-state index contributed by atoms with van der Waals surface area (Å²) in [5, 5.41) is 9.20. The van der Waals surface area contributed by atoms with Gasteiger partial charge in [-0.2, -0.15) is 5.26 Å². The van der Waals surface area contributed by atoms with Crippen LogP contribution in [0.5, 0.6) is 0 Å². The molecule has 6 rings (SSSR count). The summed E-state index contributed by atoms with van der Waals surface area (Å²) in [6, 6.07) is 46.1. The molecule has 5 aromatic rings. The highest BCUT2D eigenvalue weighted by Crippen LogP contribution is 2.45. The third kappa shape index (κ3) is 3.80. The second-order valence-electron chi connectivity index (χ2n) is 8.57. The van der Waals surface area contributed by atoms with Gasteiger partial charge in [-0.05, 0) is 88.0 Å². The van der Waals surface area contributed by atoms with E-state index in [9.17, 15) is 5.26 Å². The molecule has 35 heavy (non-hydrogen) atoms. The molecule has 2 heteroatoms. The number of hydrogen-bond donors (Lipinski definition) is 0. The van der Waals surface area contributed by atoms with Crippen LogP contribution in [0, 0.1) is 11.3 Å². The lowest BCUT2D eigenvalue weighted by molar-refractivity contribution is 1.28. The number of fused-ring (bicyclic) bond motifs is 3. The molecule has 5 aromatic carbocycles. The largest absolute Gasteiger partial charge is 0.311 e. The summed E-state index contributed by atoms with van der Waals surface area (Å²) < 4.78 is 0. The Morgan fingerprint density at radius 1 is 0.486 bits per heavy atom. The lowest BCUT2D eigenvalue weighted by atomic mass is 10.0. The minimum Gasteiger partial charge on any atom is -0.311 e. The molecule has 0 aliphatic heterocycles. The quantitative estimate of drug-likeness (QED) is 0.271. The van der Waals surface area contributed by atoms with Crippen LogP contribution in [0.3, 0.4) is 0 Å². The van der Waals surface area contributed by atoms with Gasteiger partial charge in [-0.25, -0.2) is 0 Å². The third-order valence-electron chi connectivity index (χ3n) is 6.46. The Morgan fingerprint density at radius 3 is 1.49 bits per heavy atom. The first-order valence-corrected chi connectivity index (χ1v) is 11.7. The maximum absolute atomic E-state index is 9.20. The standard InChI is InChI=1S/C33H22N2/c34-23-25-16-20-28(21-17-25)35(26-8-2-1-3-9-26)27-18-14-24(15-19-27)22-33-31-12-6-4-10-29(31)30-11-5-7-13-32(30)33/h1-22H. The number of rotatable bonds is 4. The van der Waals surface area contributed by atoms with Gasteiger partial charge in [0.1, 0.15) is 0 Å². The SMILES string of the molecule is N#Cc1ccc(N(c2ccccc2)c2ccc(C=C3c4ccccc4-c4ccccc43)cc2)cc1. The van der Waals surface area contributed by atoms with Crippen LogP contribution in [0.1, 0.15) is 22.3 Å². The first-order chi connectivity index (χ1) is 17.3. The Morgan fingerprint density at radius 2 is 0.943 bits per heavy atom. The van der Waals surface area contributed by atoms with Crippen LogP contribution in [0.25, 0.3) is 22.8 Å². The second-order valence-corrected chi connectivity index (χ2v) is 8.57. The van der Waals surface area contributed by atoms with Crippen molar-refractivity contribution in [1.29, 1.82) is 5.26 Å². The number of anilines is 3. The number of para-hydroxylation sites is 1. The normalized spacial score (nSPS) is 11.3. The molecule has 0 atom stereocenters. The van der Waals surface area contributed by atoms with Crippen molar-refractivity contribution in [2.75, 3.05) is 4.90 Å². The fourth-order valence-electron chi connectivity index (χ4n) is 4.80. The van der Waals surface area contributed by atoms with Crippen LogP contribution in [0.4, 0.5) is 17.1 Å². The summed E-state index contributed by atoms with van der Waals surface area (Å²) in [5.74, 6) is 0. The van der Waals surface area contributed by atoms with Gasteiger partial charge < -0.3 is 4.90 Å². The first kappa shape index (κ1) is 20.7. The molecular formula is C33H22N2. The Labute approximate surface area is 205 Å². The third-order valence-corrected chi connectivity index (χ3v) is 6.46. The molecule has 0 unspecified atom stereocenters. The second kappa shape index (κ2) is 8.82. The summed E-state index contributed by atoms with van der Waals surface area (Å²) in [7, 11) is 0. The lowest BCUT2D eigenvalue weighted by Crippen LogP contribution is -2.09. The predicted octanol–water partition coefficient (Wildman–Crippen LogP) is 8.60. The van der Waals surface area contributed by atoms with E-state index in [0.29, 0.717) is 5.56 Å². The first-order valence-electron chi connectivity index (χ1n) is 11.7. The molecule has 0 N–H and O–H groups in total. The molecule has 0 fully saturated rings. The summed E-state index contributed by atoms with van der Waals surface area (Å²) in [6.45, 7) is 0. The molecule has 1 aliphatic rings. The van der Waals surface area contributed by atoms with E-state index in [2.05, 4.69) is 102 Å². The zero-order valence-electron chi connectivity index (χ0n) is 19.1. The van der Waals surface area contributed by atoms with Crippen molar-refractivity contribution in [3.8, 4) is 17.2 Å². The molecule has 0 spiro atoms. The van der Waals surface area contributed by atoms with Crippen LogP contribution in [0.15, 0.2) is 127 Å². The maximum Gasteiger partial charge on any atom is 0.0991 e. The number of hydrogen-bond acceptors (Lipinski definition) is 2. The van der Waals surface area contributed by atoms with Gasteiger partial charge in [0.15, 0.2) is 0 Å². The number of nitriles is 1. The Balaban J connectivity index is 1.40. The van der Waals surface area contributed by atoms with E-state index < -0.39 is 0 Å². The van der Waals surface area contributed by atoms with Gasteiger partial charge in [0.05, 0.1) is 11.6 Å².